The molecule has 2 N–H and O–H groups in total. The second-order valence-corrected chi connectivity index (χ2v) is 6.22. The minimum atomic E-state index is -0.234. The highest BCUT2D eigenvalue weighted by Crippen LogP contribution is 2.50. The highest BCUT2D eigenvalue weighted by atomic mass is 19.1. The fourth-order valence-electron chi connectivity index (χ4n) is 3.16. The number of carbonyl (C=O) groups excluding carboxylic acids is 1. The summed E-state index contributed by atoms with van der Waals surface area (Å²) in [5.41, 5.74) is 2.62. The van der Waals surface area contributed by atoms with Crippen LogP contribution in [0.3, 0.4) is 0 Å². The molecule has 0 aliphatic heterocycles. The molecule has 3 nitrogen and oxygen atoms in total. The molecule has 23 heavy (non-hydrogen) atoms. The van der Waals surface area contributed by atoms with Gasteiger partial charge < -0.3 is 10.3 Å². The van der Waals surface area contributed by atoms with E-state index >= 15 is 0 Å². The number of nitrogens with one attached hydrogen (secondary N) is 2. The van der Waals surface area contributed by atoms with Gasteiger partial charge in [-0.15, -0.1) is 0 Å². The van der Waals surface area contributed by atoms with Crippen LogP contribution in [-0.2, 0) is 5.41 Å². The molecule has 0 atom stereocenters. The van der Waals surface area contributed by atoms with Crippen LogP contribution in [-0.4, -0.2) is 17.4 Å². The summed E-state index contributed by atoms with van der Waals surface area (Å²) in [4.78, 5) is 15.4. The first-order valence-electron chi connectivity index (χ1n) is 7.78. The van der Waals surface area contributed by atoms with Gasteiger partial charge in [0, 0.05) is 34.6 Å². The minimum absolute atomic E-state index is 0.0668. The molecule has 116 valence electrons. The molecule has 3 aromatic rings. The number of fused-ring (bicyclic) bond motifs is 1. The Balaban J connectivity index is 1.56. The lowest BCUT2D eigenvalue weighted by Gasteiger charge is -2.16. The Hall–Kier alpha value is -2.62. The highest BCUT2D eigenvalue weighted by molar-refractivity contribution is 5.94. The van der Waals surface area contributed by atoms with Crippen LogP contribution in [0.4, 0.5) is 4.39 Å². The average Bonchev–Trinajstić information content (AvgIpc) is 3.25. The van der Waals surface area contributed by atoms with Crippen LogP contribution in [0.15, 0.2) is 54.7 Å². The predicted molar refractivity (Wildman–Crippen MR) is 87.9 cm³/mol. The maximum atomic E-state index is 13.6. The maximum Gasteiger partial charge on any atom is 0.251 e. The molecule has 0 saturated heterocycles. The molecule has 2 aromatic carbocycles. The zero-order valence-corrected chi connectivity index (χ0v) is 12.6. The summed E-state index contributed by atoms with van der Waals surface area (Å²) in [5, 5.41) is 3.94. The summed E-state index contributed by atoms with van der Waals surface area (Å²) in [6.45, 7) is 0.574. The Morgan fingerprint density at radius 3 is 2.70 bits per heavy atom. The first kappa shape index (κ1) is 14.0. The summed E-state index contributed by atoms with van der Waals surface area (Å²) in [6, 6.07) is 14.0. The number of amides is 1. The largest absolute Gasteiger partial charge is 0.361 e. The van der Waals surface area contributed by atoms with Gasteiger partial charge >= 0.3 is 0 Å². The molecule has 4 rings (SSSR count). The average molecular weight is 308 g/mol. The van der Waals surface area contributed by atoms with E-state index in [0.717, 1.165) is 29.3 Å². The molecular formula is C19H17FN2O. The zero-order valence-electron chi connectivity index (χ0n) is 12.6. The molecule has 0 bridgehead atoms. The van der Waals surface area contributed by atoms with Crippen LogP contribution in [0.5, 0.6) is 0 Å². The van der Waals surface area contributed by atoms with E-state index in [1.165, 1.54) is 6.07 Å². The van der Waals surface area contributed by atoms with Gasteiger partial charge in [0.05, 0.1) is 0 Å². The molecule has 1 amide bonds. The van der Waals surface area contributed by atoms with Crippen molar-refractivity contribution in [3.8, 4) is 0 Å². The number of halogens is 1. The predicted octanol–water partition coefficient (Wildman–Crippen LogP) is 3.77. The number of aromatic amines is 1. The molecule has 1 aromatic heterocycles. The lowest BCUT2D eigenvalue weighted by molar-refractivity contribution is 0.0949. The van der Waals surface area contributed by atoms with Gasteiger partial charge in [-0.05, 0) is 48.7 Å². The fraction of sp³-hybridized carbons (Fsp3) is 0.211. The second kappa shape index (κ2) is 5.23. The Morgan fingerprint density at radius 1 is 1.17 bits per heavy atom. The van der Waals surface area contributed by atoms with Crippen molar-refractivity contribution in [3.63, 3.8) is 0 Å². The molecule has 0 radical (unpaired) electrons. The third kappa shape index (κ3) is 2.50. The molecule has 0 unspecified atom stereocenters. The van der Waals surface area contributed by atoms with Crippen LogP contribution in [0.25, 0.3) is 10.9 Å². The van der Waals surface area contributed by atoms with E-state index in [4.69, 9.17) is 0 Å². The maximum absolute atomic E-state index is 13.6. The lowest BCUT2D eigenvalue weighted by Crippen LogP contribution is -2.32. The molecule has 1 aliphatic carbocycles. The quantitative estimate of drug-likeness (QED) is 0.757. The number of carbonyl (C=O) groups is 1. The van der Waals surface area contributed by atoms with Crippen LogP contribution in [0.1, 0.15) is 28.8 Å². The lowest BCUT2D eigenvalue weighted by atomic mass is 9.95. The minimum Gasteiger partial charge on any atom is -0.361 e. The van der Waals surface area contributed by atoms with Gasteiger partial charge in [-0.1, -0.05) is 18.2 Å². The fourth-order valence-corrected chi connectivity index (χ4v) is 3.16. The molecule has 1 saturated carbocycles. The third-order valence-corrected chi connectivity index (χ3v) is 4.69. The van der Waals surface area contributed by atoms with Crippen LogP contribution < -0.4 is 5.32 Å². The zero-order chi connectivity index (χ0) is 15.9. The number of benzene rings is 2. The van der Waals surface area contributed by atoms with E-state index in [-0.39, 0.29) is 17.1 Å². The van der Waals surface area contributed by atoms with Crippen molar-refractivity contribution in [1.29, 1.82) is 0 Å². The number of hydrogen-bond donors (Lipinski definition) is 2. The van der Waals surface area contributed by atoms with Gasteiger partial charge in [-0.25, -0.2) is 4.39 Å². The number of rotatable bonds is 4. The molecule has 1 fully saturated rings. The van der Waals surface area contributed by atoms with Gasteiger partial charge in [0.2, 0.25) is 0 Å². The van der Waals surface area contributed by atoms with Gasteiger partial charge in [0.15, 0.2) is 0 Å². The van der Waals surface area contributed by atoms with Crippen molar-refractivity contribution in [2.45, 2.75) is 18.3 Å². The van der Waals surface area contributed by atoms with E-state index in [1.807, 2.05) is 24.4 Å². The smallest absolute Gasteiger partial charge is 0.251 e. The normalized spacial score (nSPS) is 15.5. The first-order valence-corrected chi connectivity index (χ1v) is 7.78. The number of H-pyrrole nitrogens is 1. The van der Waals surface area contributed by atoms with Crippen molar-refractivity contribution in [1.82, 2.24) is 10.3 Å². The van der Waals surface area contributed by atoms with E-state index in [1.54, 1.807) is 24.3 Å². The highest BCUT2D eigenvalue weighted by Gasteiger charge is 2.45. The van der Waals surface area contributed by atoms with Crippen LogP contribution >= 0.6 is 0 Å². The van der Waals surface area contributed by atoms with Crippen molar-refractivity contribution < 1.29 is 9.18 Å². The van der Waals surface area contributed by atoms with E-state index in [0.29, 0.717) is 12.1 Å². The Labute approximate surface area is 133 Å². The second-order valence-electron chi connectivity index (χ2n) is 6.22. The Kier molecular flexibility index (Phi) is 3.18. The first-order chi connectivity index (χ1) is 11.2. The summed E-state index contributed by atoms with van der Waals surface area (Å²) in [7, 11) is 0. The van der Waals surface area contributed by atoms with E-state index < -0.39 is 0 Å². The summed E-state index contributed by atoms with van der Waals surface area (Å²) >= 11 is 0. The molecule has 1 aliphatic rings. The Bertz CT molecular complexity index is 865. The monoisotopic (exact) mass is 308 g/mol. The van der Waals surface area contributed by atoms with E-state index in [9.17, 15) is 9.18 Å². The summed E-state index contributed by atoms with van der Waals surface area (Å²) in [6.07, 6.45) is 3.96. The van der Waals surface area contributed by atoms with Crippen molar-refractivity contribution in [2.24, 2.45) is 0 Å². The molecule has 4 heteroatoms. The van der Waals surface area contributed by atoms with Gasteiger partial charge in [-0.2, -0.15) is 0 Å². The third-order valence-electron chi connectivity index (χ3n) is 4.69. The Morgan fingerprint density at radius 2 is 1.96 bits per heavy atom. The van der Waals surface area contributed by atoms with Crippen LogP contribution in [0.2, 0.25) is 0 Å². The van der Waals surface area contributed by atoms with Crippen molar-refractivity contribution >= 4 is 16.8 Å². The number of aromatic nitrogens is 1. The molecule has 0 spiro atoms. The SMILES string of the molecule is O=C(NCC1(c2c[nH]c3ccc(F)cc23)CC1)c1ccccc1. The topological polar surface area (TPSA) is 44.9 Å². The standard InChI is InChI=1S/C19H17FN2O/c20-14-6-7-17-15(10-14)16(11-21-17)19(8-9-19)12-22-18(23)13-4-2-1-3-5-13/h1-7,10-11,21H,8-9,12H2,(H,22,23). The van der Waals surface area contributed by atoms with Gasteiger partial charge in [0.25, 0.3) is 5.91 Å². The summed E-state index contributed by atoms with van der Waals surface area (Å²) < 4.78 is 13.6. The van der Waals surface area contributed by atoms with Gasteiger partial charge in [0.1, 0.15) is 5.82 Å². The van der Waals surface area contributed by atoms with Crippen LogP contribution in [0, 0.1) is 5.82 Å². The molecule has 1 heterocycles. The van der Waals surface area contributed by atoms with Crippen molar-refractivity contribution in [3.05, 3.63) is 71.7 Å². The van der Waals surface area contributed by atoms with Crippen molar-refractivity contribution in [2.75, 3.05) is 6.54 Å². The molecular weight excluding hydrogens is 291 g/mol. The van der Waals surface area contributed by atoms with Gasteiger partial charge in [-0.3, -0.25) is 4.79 Å². The summed E-state index contributed by atoms with van der Waals surface area (Å²) in [5.74, 6) is -0.301. The van der Waals surface area contributed by atoms with E-state index in [2.05, 4.69) is 10.3 Å². The number of hydrogen-bond acceptors (Lipinski definition) is 1.